The van der Waals surface area contributed by atoms with E-state index in [9.17, 15) is 19.8 Å². The van der Waals surface area contributed by atoms with Gasteiger partial charge in [-0.25, -0.2) is 0 Å². The Balaban J connectivity index is 2.54. The van der Waals surface area contributed by atoms with E-state index in [0.717, 1.165) is 25.7 Å². The maximum atomic E-state index is 12.3. The first-order valence-corrected chi connectivity index (χ1v) is 10.9. The van der Waals surface area contributed by atoms with Crippen LogP contribution in [0.3, 0.4) is 0 Å². The van der Waals surface area contributed by atoms with Crippen molar-refractivity contribution in [2.75, 3.05) is 6.61 Å². The first-order valence-electron chi connectivity index (χ1n) is 10.9. The number of unbranched alkanes of at least 4 members (excludes halogenated alkanes) is 2. The van der Waals surface area contributed by atoms with Crippen LogP contribution in [0.15, 0.2) is 37.0 Å². The summed E-state index contributed by atoms with van der Waals surface area (Å²) in [6.45, 7) is 8.01. The summed E-state index contributed by atoms with van der Waals surface area (Å²) in [6, 6.07) is 0. The minimum atomic E-state index is -0.936. The van der Waals surface area contributed by atoms with Crippen LogP contribution in [-0.2, 0) is 14.3 Å². The lowest BCUT2D eigenvalue weighted by Gasteiger charge is -2.23. The van der Waals surface area contributed by atoms with E-state index in [-0.39, 0.29) is 30.0 Å². The molecule has 0 heterocycles. The van der Waals surface area contributed by atoms with Crippen molar-refractivity contribution in [3.63, 3.8) is 0 Å². The molecule has 1 saturated carbocycles. The SMILES string of the molecule is C=CC(O)(C/C=C/[C@H]1[C@H](O)CC(=O)[C@@H]1C/C=C\CCCC(=O)OCC)CCCC. The van der Waals surface area contributed by atoms with Crippen LogP contribution in [0.5, 0.6) is 0 Å². The summed E-state index contributed by atoms with van der Waals surface area (Å²) in [5.41, 5.74) is -0.936. The van der Waals surface area contributed by atoms with Gasteiger partial charge in [0.1, 0.15) is 5.78 Å². The van der Waals surface area contributed by atoms with Crippen molar-refractivity contribution < 1.29 is 24.5 Å². The first-order chi connectivity index (χ1) is 13.9. The third-order valence-corrected chi connectivity index (χ3v) is 5.52. The first kappa shape index (κ1) is 25.3. The number of hydrogen-bond donors (Lipinski definition) is 2. The highest BCUT2D eigenvalue weighted by Gasteiger charge is 2.39. The molecule has 5 nitrogen and oxygen atoms in total. The third-order valence-electron chi connectivity index (χ3n) is 5.52. The van der Waals surface area contributed by atoms with E-state index in [0.29, 0.717) is 32.3 Å². The van der Waals surface area contributed by atoms with Crippen molar-refractivity contribution in [1.82, 2.24) is 0 Å². The zero-order valence-electron chi connectivity index (χ0n) is 18.0. The van der Waals surface area contributed by atoms with Crippen LogP contribution >= 0.6 is 0 Å². The molecule has 1 aliphatic rings. The molecule has 0 bridgehead atoms. The quantitative estimate of drug-likeness (QED) is 0.255. The number of aliphatic hydroxyl groups excluding tert-OH is 1. The summed E-state index contributed by atoms with van der Waals surface area (Å²) in [4.78, 5) is 23.6. The van der Waals surface area contributed by atoms with Gasteiger partial charge in [-0.15, -0.1) is 6.58 Å². The van der Waals surface area contributed by atoms with E-state index < -0.39 is 11.7 Å². The van der Waals surface area contributed by atoms with Crippen LogP contribution in [0.1, 0.15) is 71.6 Å². The number of Topliss-reactive ketones (excluding diaryl/α,β-unsaturated/α-hetero) is 1. The van der Waals surface area contributed by atoms with Crippen molar-refractivity contribution in [2.45, 2.75) is 83.3 Å². The zero-order chi connectivity index (χ0) is 21.7. The van der Waals surface area contributed by atoms with E-state index in [2.05, 4.69) is 13.5 Å². The standard InChI is InChI=1S/C24H38O5/c1-4-7-16-24(28,5-2)17-12-14-20-19(21(25)18-22(20)26)13-10-8-9-11-15-23(27)29-6-3/h5,8,10,12,14,19-20,22,26,28H,2,4,6-7,9,11,13,15-18H2,1,3H3/b10-8-,14-12+/t19-,20-,22-,24?/m1/s1. The van der Waals surface area contributed by atoms with E-state index in [1.165, 1.54) is 0 Å². The molecule has 0 aromatic heterocycles. The summed E-state index contributed by atoms with van der Waals surface area (Å²) >= 11 is 0. The Morgan fingerprint density at radius 2 is 2.03 bits per heavy atom. The van der Waals surface area contributed by atoms with Crippen LogP contribution in [0, 0.1) is 11.8 Å². The number of esters is 1. The molecule has 164 valence electrons. The summed E-state index contributed by atoms with van der Waals surface area (Å²) in [6.07, 6.45) is 14.3. The number of aliphatic hydroxyl groups is 2. The van der Waals surface area contributed by atoms with Gasteiger partial charge in [0.2, 0.25) is 0 Å². The molecular formula is C24H38O5. The number of carbonyl (C=O) groups is 2. The topological polar surface area (TPSA) is 83.8 Å². The predicted octanol–water partition coefficient (Wildman–Crippen LogP) is 4.29. The maximum Gasteiger partial charge on any atom is 0.305 e. The lowest BCUT2D eigenvalue weighted by molar-refractivity contribution is -0.143. The molecule has 1 fully saturated rings. The fraction of sp³-hybridized carbons (Fsp3) is 0.667. The predicted molar refractivity (Wildman–Crippen MR) is 115 cm³/mol. The zero-order valence-corrected chi connectivity index (χ0v) is 18.0. The van der Waals surface area contributed by atoms with Gasteiger partial charge in [0, 0.05) is 24.7 Å². The van der Waals surface area contributed by atoms with Crippen molar-refractivity contribution >= 4 is 11.8 Å². The average Bonchev–Trinajstić information content (AvgIpc) is 2.96. The number of ketones is 1. The number of carbonyl (C=O) groups excluding carboxylic acids is 2. The fourth-order valence-corrected chi connectivity index (χ4v) is 3.69. The van der Waals surface area contributed by atoms with Gasteiger partial charge >= 0.3 is 5.97 Å². The Morgan fingerprint density at radius 3 is 2.69 bits per heavy atom. The minimum Gasteiger partial charge on any atom is -0.466 e. The molecule has 0 saturated heterocycles. The molecule has 5 heteroatoms. The molecule has 0 amide bonds. The summed E-state index contributed by atoms with van der Waals surface area (Å²) in [5.74, 6) is -0.575. The average molecular weight is 407 g/mol. The molecule has 4 atom stereocenters. The highest BCUT2D eigenvalue weighted by molar-refractivity contribution is 5.84. The number of hydrogen-bond acceptors (Lipinski definition) is 5. The van der Waals surface area contributed by atoms with E-state index in [1.54, 1.807) is 13.0 Å². The molecule has 1 rings (SSSR count). The second-order valence-corrected chi connectivity index (χ2v) is 7.87. The second kappa shape index (κ2) is 13.5. The Hall–Kier alpha value is -1.72. The van der Waals surface area contributed by atoms with Gasteiger partial charge < -0.3 is 14.9 Å². The molecule has 0 aliphatic heterocycles. The molecular weight excluding hydrogens is 368 g/mol. The van der Waals surface area contributed by atoms with Gasteiger partial charge in [-0.1, -0.05) is 50.1 Å². The summed E-state index contributed by atoms with van der Waals surface area (Å²) in [7, 11) is 0. The van der Waals surface area contributed by atoms with E-state index >= 15 is 0 Å². The van der Waals surface area contributed by atoms with Crippen molar-refractivity contribution in [1.29, 1.82) is 0 Å². The second-order valence-electron chi connectivity index (χ2n) is 7.87. The Bertz CT molecular complexity index is 580. The molecule has 0 aromatic carbocycles. The highest BCUT2D eigenvalue weighted by Crippen LogP contribution is 2.34. The van der Waals surface area contributed by atoms with Crippen molar-refractivity contribution in [3.05, 3.63) is 37.0 Å². The molecule has 1 aliphatic carbocycles. The summed E-state index contributed by atoms with van der Waals surface area (Å²) < 4.78 is 4.89. The largest absolute Gasteiger partial charge is 0.466 e. The minimum absolute atomic E-state index is 0.0771. The smallest absolute Gasteiger partial charge is 0.305 e. The molecule has 0 spiro atoms. The van der Waals surface area contributed by atoms with Crippen LogP contribution in [0.2, 0.25) is 0 Å². The van der Waals surface area contributed by atoms with Gasteiger partial charge in [-0.3, -0.25) is 9.59 Å². The van der Waals surface area contributed by atoms with Gasteiger partial charge in [0.05, 0.1) is 18.3 Å². The molecule has 0 aromatic rings. The molecule has 29 heavy (non-hydrogen) atoms. The van der Waals surface area contributed by atoms with E-state index in [4.69, 9.17) is 4.74 Å². The molecule has 2 N–H and O–H groups in total. The summed E-state index contributed by atoms with van der Waals surface area (Å²) in [5, 5.41) is 20.8. The number of ether oxygens (including phenoxy) is 1. The number of allylic oxidation sites excluding steroid dienone is 2. The Morgan fingerprint density at radius 1 is 1.28 bits per heavy atom. The third kappa shape index (κ3) is 9.09. The van der Waals surface area contributed by atoms with E-state index in [1.807, 2.05) is 24.3 Å². The lowest BCUT2D eigenvalue weighted by atomic mass is 9.88. The van der Waals surface area contributed by atoms with Crippen LogP contribution in [0.4, 0.5) is 0 Å². The Labute approximate surface area is 175 Å². The van der Waals surface area contributed by atoms with Crippen molar-refractivity contribution in [2.24, 2.45) is 11.8 Å². The Kier molecular flexibility index (Phi) is 11.8. The van der Waals surface area contributed by atoms with Gasteiger partial charge in [0.15, 0.2) is 0 Å². The van der Waals surface area contributed by atoms with Gasteiger partial charge in [0.25, 0.3) is 0 Å². The monoisotopic (exact) mass is 406 g/mol. The van der Waals surface area contributed by atoms with Gasteiger partial charge in [-0.05, 0) is 39.0 Å². The van der Waals surface area contributed by atoms with Crippen LogP contribution < -0.4 is 0 Å². The van der Waals surface area contributed by atoms with Gasteiger partial charge in [-0.2, -0.15) is 0 Å². The maximum absolute atomic E-state index is 12.3. The normalized spacial score (nSPS) is 24.3. The molecule has 1 unspecified atom stereocenters. The molecule has 0 radical (unpaired) electrons. The van der Waals surface area contributed by atoms with Crippen LogP contribution in [0.25, 0.3) is 0 Å². The fourth-order valence-electron chi connectivity index (χ4n) is 3.69. The van der Waals surface area contributed by atoms with Crippen LogP contribution in [-0.4, -0.2) is 40.3 Å². The highest BCUT2D eigenvalue weighted by atomic mass is 16.5. The lowest BCUT2D eigenvalue weighted by Crippen LogP contribution is -2.25. The number of rotatable bonds is 14. The van der Waals surface area contributed by atoms with Crippen molar-refractivity contribution in [3.8, 4) is 0 Å².